The molecule has 0 radical (unpaired) electrons. The molecular weight excluding hydrogens is 514 g/mol. The number of halogens is 1. The van der Waals surface area contributed by atoms with Crippen LogP contribution in [0.5, 0.6) is 0 Å². The summed E-state index contributed by atoms with van der Waals surface area (Å²) in [6.07, 6.45) is 0.448. The number of ether oxygens (including phenoxy) is 1. The van der Waals surface area contributed by atoms with Crippen molar-refractivity contribution in [3.63, 3.8) is 0 Å². The van der Waals surface area contributed by atoms with Crippen molar-refractivity contribution in [1.82, 2.24) is 5.32 Å². The van der Waals surface area contributed by atoms with Gasteiger partial charge >= 0.3 is 5.97 Å². The van der Waals surface area contributed by atoms with Crippen molar-refractivity contribution in [2.24, 2.45) is 0 Å². The van der Waals surface area contributed by atoms with Gasteiger partial charge in [-0.3, -0.25) is 4.79 Å². The van der Waals surface area contributed by atoms with E-state index in [4.69, 9.17) is 4.74 Å². The maximum absolute atomic E-state index is 13.7. The number of hydrogen-bond acceptors (Lipinski definition) is 3. The maximum atomic E-state index is 13.7. The number of benzene rings is 4. The van der Waals surface area contributed by atoms with Gasteiger partial charge in [-0.25, -0.2) is 4.79 Å². The Bertz CT molecular complexity index is 1200. The van der Waals surface area contributed by atoms with Crippen molar-refractivity contribution in [3.05, 3.63) is 142 Å². The van der Waals surface area contributed by atoms with Gasteiger partial charge in [0.1, 0.15) is 6.04 Å². The van der Waals surface area contributed by atoms with Crippen molar-refractivity contribution in [2.75, 3.05) is 7.11 Å². The van der Waals surface area contributed by atoms with Crippen LogP contribution in [0.3, 0.4) is 0 Å². The van der Waals surface area contributed by atoms with E-state index in [0.717, 1.165) is 26.7 Å². The molecule has 5 heteroatoms. The SMILES string of the molecule is COC(=O)[C@H](Cc1cccc(Br)c1)NC(=O)CC(c1ccccc1)(c1ccccc1)c1ccccc1. The Hall–Kier alpha value is -3.70. The van der Waals surface area contributed by atoms with E-state index >= 15 is 0 Å². The molecular formula is C31H28BrNO3. The first-order valence-corrected chi connectivity index (χ1v) is 12.6. The largest absolute Gasteiger partial charge is 0.467 e. The second kappa shape index (κ2) is 11.8. The molecule has 4 nitrogen and oxygen atoms in total. The lowest BCUT2D eigenvalue weighted by atomic mass is 9.67. The number of nitrogens with one attached hydrogen (secondary N) is 1. The van der Waals surface area contributed by atoms with Crippen LogP contribution in [0.25, 0.3) is 0 Å². The molecule has 0 saturated carbocycles. The summed E-state index contributed by atoms with van der Waals surface area (Å²) in [6, 6.07) is 37.0. The van der Waals surface area contributed by atoms with Crippen molar-refractivity contribution in [1.29, 1.82) is 0 Å². The summed E-state index contributed by atoms with van der Waals surface area (Å²) in [4.78, 5) is 26.4. The molecule has 0 unspecified atom stereocenters. The van der Waals surface area contributed by atoms with Gasteiger partial charge in [-0.1, -0.05) is 119 Å². The van der Waals surface area contributed by atoms with E-state index in [0.29, 0.717) is 6.42 Å². The zero-order valence-corrected chi connectivity index (χ0v) is 21.6. The minimum atomic E-state index is -0.808. The summed E-state index contributed by atoms with van der Waals surface area (Å²) in [6.45, 7) is 0. The number of carbonyl (C=O) groups is 2. The molecule has 182 valence electrons. The number of amides is 1. The fourth-order valence-corrected chi connectivity index (χ4v) is 5.14. The number of esters is 1. The lowest BCUT2D eigenvalue weighted by Crippen LogP contribution is -2.46. The number of hydrogen-bond donors (Lipinski definition) is 1. The number of rotatable bonds is 9. The van der Waals surface area contributed by atoms with Gasteiger partial charge in [0, 0.05) is 17.3 Å². The summed E-state index contributed by atoms with van der Waals surface area (Å²) in [5.41, 5.74) is 3.17. The van der Waals surface area contributed by atoms with Crippen LogP contribution >= 0.6 is 15.9 Å². The third-order valence-electron chi connectivity index (χ3n) is 6.38. The van der Waals surface area contributed by atoms with Gasteiger partial charge in [0.05, 0.1) is 12.5 Å². The third-order valence-corrected chi connectivity index (χ3v) is 6.87. The minimum Gasteiger partial charge on any atom is -0.467 e. The molecule has 0 bridgehead atoms. The normalized spacial score (nSPS) is 11.9. The molecule has 4 aromatic rings. The van der Waals surface area contributed by atoms with Crippen molar-refractivity contribution in [2.45, 2.75) is 24.3 Å². The summed E-state index contributed by atoms with van der Waals surface area (Å²) in [5, 5.41) is 2.97. The fraction of sp³-hybridized carbons (Fsp3) is 0.161. The standard InChI is InChI=1S/C31H28BrNO3/c1-36-30(35)28(21-23-12-11-19-27(32)20-23)33-29(34)22-31(24-13-5-2-6-14-24,25-15-7-3-8-16-25)26-17-9-4-10-18-26/h2-20,28H,21-22H2,1H3,(H,33,34)/t28-/m0/s1. The van der Waals surface area contributed by atoms with E-state index in [1.807, 2.05) is 115 Å². The Balaban J connectivity index is 1.73. The monoisotopic (exact) mass is 541 g/mol. The highest BCUT2D eigenvalue weighted by molar-refractivity contribution is 9.10. The highest BCUT2D eigenvalue weighted by Crippen LogP contribution is 2.42. The van der Waals surface area contributed by atoms with Gasteiger partial charge in [0.2, 0.25) is 5.91 Å². The molecule has 36 heavy (non-hydrogen) atoms. The van der Waals surface area contributed by atoms with Crippen molar-refractivity contribution in [3.8, 4) is 0 Å². The first-order valence-electron chi connectivity index (χ1n) is 11.8. The molecule has 0 fully saturated rings. The maximum Gasteiger partial charge on any atom is 0.328 e. The van der Waals surface area contributed by atoms with Gasteiger partial charge < -0.3 is 10.1 Å². The third kappa shape index (κ3) is 5.74. The predicted octanol–water partition coefficient (Wildman–Crippen LogP) is 6.07. The van der Waals surface area contributed by atoms with Crippen LogP contribution in [0.2, 0.25) is 0 Å². The van der Waals surface area contributed by atoms with Crippen LogP contribution in [0.4, 0.5) is 0 Å². The molecule has 0 aromatic heterocycles. The quantitative estimate of drug-likeness (QED) is 0.206. The van der Waals surface area contributed by atoms with Gasteiger partial charge in [-0.05, 0) is 34.4 Å². The Morgan fingerprint density at radius 2 is 1.28 bits per heavy atom. The zero-order valence-electron chi connectivity index (χ0n) is 20.1. The smallest absolute Gasteiger partial charge is 0.328 e. The first-order chi connectivity index (χ1) is 17.5. The zero-order chi connectivity index (χ0) is 25.4. The Kier molecular flexibility index (Phi) is 8.34. The molecule has 1 amide bonds. The van der Waals surface area contributed by atoms with Gasteiger partial charge in [0.25, 0.3) is 0 Å². The van der Waals surface area contributed by atoms with Gasteiger partial charge in [0.15, 0.2) is 0 Å². The predicted molar refractivity (Wildman–Crippen MR) is 146 cm³/mol. The number of carbonyl (C=O) groups excluding carboxylic acids is 2. The molecule has 4 rings (SSSR count). The summed E-state index contributed by atoms with van der Waals surface area (Å²) >= 11 is 3.47. The van der Waals surface area contributed by atoms with E-state index in [-0.39, 0.29) is 12.3 Å². The molecule has 1 N–H and O–H groups in total. The fourth-order valence-electron chi connectivity index (χ4n) is 4.70. The van der Waals surface area contributed by atoms with Crippen molar-refractivity contribution >= 4 is 27.8 Å². The van der Waals surface area contributed by atoms with E-state index < -0.39 is 17.4 Å². The lowest BCUT2D eigenvalue weighted by Gasteiger charge is -2.36. The molecule has 0 spiro atoms. The molecule has 0 saturated heterocycles. The molecule has 0 aliphatic heterocycles. The molecule has 1 atom stereocenters. The molecule has 0 heterocycles. The van der Waals surface area contributed by atoms with E-state index in [1.165, 1.54) is 7.11 Å². The molecule has 0 aliphatic rings. The van der Waals surface area contributed by atoms with Crippen LogP contribution in [0, 0.1) is 0 Å². The Morgan fingerprint density at radius 3 is 1.72 bits per heavy atom. The van der Waals surface area contributed by atoms with Crippen LogP contribution in [-0.2, 0) is 26.2 Å². The Labute approximate surface area is 220 Å². The second-order valence-corrected chi connectivity index (χ2v) is 9.57. The first kappa shape index (κ1) is 25.4. The topological polar surface area (TPSA) is 55.4 Å². The van der Waals surface area contributed by atoms with Crippen LogP contribution in [0.1, 0.15) is 28.7 Å². The average Bonchev–Trinajstić information content (AvgIpc) is 2.92. The van der Waals surface area contributed by atoms with Crippen LogP contribution < -0.4 is 5.32 Å². The Morgan fingerprint density at radius 1 is 0.778 bits per heavy atom. The van der Waals surface area contributed by atoms with E-state index in [2.05, 4.69) is 21.2 Å². The van der Waals surface area contributed by atoms with Crippen LogP contribution in [-0.4, -0.2) is 25.0 Å². The summed E-state index contributed by atoms with van der Waals surface area (Å²) < 4.78 is 5.94. The highest BCUT2D eigenvalue weighted by Gasteiger charge is 2.39. The number of methoxy groups -OCH3 is 1. The van der Waals surface area contributed by atoms with Crippen molar-refractivity contribution < 1.29 is 14.3 Å². The second-order valence-electron chi connectivity index (χ2n) is 8.66. The minimum absolute atomic E-state index is 0.122. The lowest BCUT2D eigenvalue weighted by molar-refractivity contribution is -0.145. The highest BCUT2D eigenvalue weighted by atomic mass is 79.9. The molecule has 4 aromatic carbocycles. The molecule has 0 aliphatic carbocycles. The van der Waals surface area contributed by atoms with Gasteiger partial charge in [-0.2, -0.15) is 0 Å². The summed E-state index contributed by atoms with van der Waals surface area (Å²) in [7, 11) is 1.34. The van der Waals surface area contributed by atoms with Gasteiger partial charge in [-0.15, -0.1) is 0 Å². The van der Waals surface area contributed by atoms with E-state index in [1.54, 1.807) is 0 Å². The average molecular weight is 542 g/mol. The van der Waals surface area contributed by atoms with E-state index in [9.17, 15) is 9.59 Å². The van der Waals surface area contributed by atoms with Crippen LogP contribution in [0.15, 0.2) is 120 Å². The summed E-state index contributed by atoms with van der Waals surface area (Å²) in [5.74, 6) is -0.718.